The Morgan fingerprint density at radius 2 is 2.36 bits per heavy atom. The van der Waals surface area contributed by atoms with Gasteiger partial charge in [0.15, 0.2) is 5.13 Å². The number of non-ortho nitro benzene ring substituents is 1. The van der Waals surface area contributed by atoms with Crippen molar-refractivity contribution in [2.75, 3.05) is 18.4 Å². The fourth-order valence-corrected chi connectivity index (χ4v) is 3.72. The number of carbonyl (C=O) groups excluding carboxylic acids is 1. The van der Waals surface area contributed by atoms with Gasteiger partial charge in [-0.3, -0.25) is 25.1 Å². The largest absolute Gasteiger partial charge is 0.298 e. The summed E-state index contributed by atoms with van der Waals surface area (Å²) in [6.07, 6.45) is 2.49. The Hall–Kier alpha value is -2.32. The third-order valence-corrected chi connectivity index (χ3v) is 5.02. The van der Waals surface area contributed by atoms with Crippen molar-refractivity contribution >= 4 is 28.1 Å². The summed E-state index contributed by atoms with van der Waals surface area (Å²) >= 11 is 1.37. The third-order valence-electron chi connectivity index (χ3n) is 4.22. The van der Waals surface area contributed by atoms with Gasteiger partial charge in [0.05, 0.1) is 10.6 Å². The van der Waals surface area contributed by atoms with E-state index in [4.69, 9.17) is 0 Å². The molecule has 0 radical (unpaired) electrons. The lowest BCUT2D eigenvalue weighted by Gasteiger charge is -2.30. The second kappa shape index (κ2) is 7.71. The van der Waals surface area contributed by atoms with Gasteiger partial charge in [-0.25, -0.2) is 4.98 Å². The number of piperidine rings is 1. The second-order valence-corrected chi connectivity index (χ2v) is 7.25. The number of nitro benzene ring substituents is 1. The Bertz CT molecular complexity index is 777. The van der Waals surface area contributed by atoms with Crippen LogP contribution in [-0.2, 0) is 6.54 Å². The Balaban J connectivity index is 1.62. The molecule has 1 N–H and O–H groups in total. The number of aromatic nitrogens is 1. The molecule has 0 spiro atoms. The highest BCUT2D eigenvalue weighted by Gasteiger charge is 2.18. The van der Waals surface area contributed by atoms with Crippen LogP contribution in [0.4, 0.5) is 10.8 Å². The first kappa shape index (κ1) is 17.5. The third kappa shape index (κ3) is 4.61. The molecule has 1 aliphatic rings. The van der Waals surface area contributed by atoms with Gasteiger partial charge in [-0.2, -0.15) is 0 Å². The molecule has 1 fully saturated rings. The van der Waals surface area contributed by atoms with E-state index < -0.39 is 10.8 Å². The normalized spacial score (nSPS) is 18.0. The van der Waals surface area contributed by atoms with Crippen LogP contribution in [0.1, 0.15) is 35.8 Å². The number of benzene rings is 1. The molecule has 0 bridgehead atoms. The van der Waals surface area contributed by atoms with Crippen LogP contribution in [-0.4, -0.2) is 33.8 Å². The maximum atomic E-state index is 12.3. The standard InChI is InChI=1S/C17H20N4O3S/c1-12-4-3-7-20(9-12)10-14-11-25-17(18-14)19-16(22)13-5-2-6-15(8-13)21(23)24/h2,5-6,8,11-12H,3-4,7,9-10H2,1H3,(H,18,19,22). The molecule has 25 heavy (non-hydrogen) atoms. The fourth-order valence-electron chi connectivity index (χ4n) is 3.03. The van der Waals surface area contributed by atoms with Crippen molar-refractivity contribution in [2.45, 2.75) is 26.3 Å². The van der Waals surface area contributed by atoms with E-state index in [2.05, 4.69) is 22.1 Å². The Morgan fingerprint density at radius 1 is 1.52 bits per heavy atom. The molecule has 7 nitrogen and oxygen atoms in total. The molecule has 8 heteroatoms. The number of nitrogens with one attached hydrogen (secondary N) is 1. The number of hydrogen-bond donors (Lipinski definition) is 1. The van der Waals surface area contributed by atoms with Gasteiger partial charge in [-0.05, 0) is 31.4 Å². The lowest BCUT2D eigenvalue weighted by molar-refractivity contribution is -0.384. The van der Waals surface area contributed by atoms with Crippen molar-refractivity contribution in [2.24, 2.45) is 5.92 Å². The van der Waals surface area contributed by atoms with Crippen molar-refractivity contribution < 1.29 is 9.72 Å². The highest BCUT2D eigenvalue weighted by molar-refractivity contribution is 7.13. The number of likely N-dealkylation sites (tertiary alicyclic amines) is 1. The number of nitrogens with zero attached hydrogens (tertiary/aromatic N) is 3. The Labute approximate surface area is 149 Å². The first-order valence-electron chi connectivity index (χ1n) is 8.24. The summed E-state index contributed by atoms with van der Waals surface area (Å²) in [7, 11) is 0. The van der Waals surface area contributed by atoms with Crippen LogP contribution in [0.5, 0.6) is 0 Å². The summed E-state index contributed by atoms with van der Waals surface area (Å²) in [5.41, 5.74) is 1.08. The molecule has 1 unspecified atom stereocenters. The number of anilines is 1. The molecule has 0 aliphatic carbocycles. The van der Waals surface area contributed by atoms with Crippen LogP contribution in [0.2, 0.25) is 0 Å². The van der Waals surface area contributed by atoms with E-state index in [1.54, 1.807) is 6.07 Å². The summed E-state index contributed by atoms with van der Waals surface area (Å²) in [5.74, 6) is 0.316. The molecule has 1 atom stereocenters. The number of carbonyl (C=O) groups is 1. The number of hydrogen-bond acceptors (Lipinski definition) is 6. The van der Waals surface area contributed by atoms with Gasteiger partial charge in [0, 0.05) is 36.2 Å². The Kier molecular flexibility index (Phi) is 5.40. The first-order valence-corrected chi connectivity index (χ1v) is 9.12. The van der Waals surface area contributed by atoms with Crippen molar-refractivity contribution in [1.82, 2.24) is 9.88 Å². The molecular weight excluding hydrogens is 340 g/mol. The van der Waals surface area contributed by atoms with Crippen molar-refractivity contribution in [3.8, 4) is 0 Å². The van der Waals surface area contributed by atoms with Gasteiger partial charge in [0.2, 0.25) is 0 Å². The SMILES string of the molecule is CC1CCCN(Cc2csc(NC(=O)c3cccc([N+](=O)[O-])c3)n2)C1. The predicted molar refractivity (Wildman–Crippen MR) is 96.8 cm³/mol. The van der Waals surface area contributed by atoms with Gasteiger partial charge < -0.3 is 0 Å². The fraction of sp³-hybridized carbons (Fsp3) is 0.412. The second-order valence-electron chi connectivity index (χ2n) is 6.39. The topological polar surface area (TPSA) is 88.4 Å². The maximum Gasteiger partial charge on any atom is 0.270 e. The van der Waals surface area contributed by atoms with Crippen molar-refractivity contribution in [3.05, 3.63) is 51.0 Å². The zero-order valence-electron chi connectivity index (χ0n) is 14.0. The van der Waals surface area contributed by atoms with Crippen LogP contribution in [0.3, 0.4) is 0 Å². The average Bonchev–Trinajstić information content (AvgIpc) is 3.02. The van der Waals surface area contributed by atoms with Crippen molar-refractivity contribution in [1.29, 1.82) is 0 Å². The van der Waals surface area contributed by atoms with Gasteiger partial charge in [0.25, 0.3) is 11.6 Å². The lowest BCUT2D eigenvalue weighted by Crippen LogP contribution is -2.33. The van der Waals surface area contributed by atoms with Crippen LogP contribution in [0.25, 0.3) is 0 Å². The monoisotopic (exact) mass is 360 g/mol. The Morgan fingerprint density at radius 3 is 3.12 bits per heavy atom. The molecule has 3 rings (SSSR count). The zero-order chi connectivity index (χ0) is 17.8. The minimum atomic E-state index is -0.516. The number of rotatable bonds is 5. The lowest BCUT2D eigenvalue weighted by atomic mass is 10.0. The molecule has 132 valence electrons. The van der Waals surface area contributed by atoms with Crippen LogP contribution in [0.15, 0.2) is 29.6 Å². The number of thiazole rings is 1. The van der Waals surface area contributed by atoms with E-state index in [0.717, 1.165) is 25.3 Å². The van der Waals surface area contributed by atoms with Crippen molar-refractivity contribution in [3.63, 3.8) is 0 Å². The van der Waals surface area contributed by atoms with Crippen LogP contribution < -0.4 is 5.32 Å². The van der Waals surface area contributed by atoms with E-state index in [9.17, 15) is 14.9 Å². The number of nitro groups is 1. The van der Waals surface area contributed by atoms with E-state index in [-0.39, 0.29) is 11.3 Å². The summed E-state index contributed by atoms with van der Waals surface area (Å²) in [6.45, 7) is 5.20. The number of amides is 1. The molecule has 2 heterocycles. The molecule has 1 aromatic heterocycles. The minimum Gasteiger partial charge on any atom is -0.298 e. The quantitative estimate of drug-likeness (QED) is 0.651. The molecule has 1 amide bonds. The molecule has 1 aromatic carbocycles. The minimum absolute atomic E-state index is 0.105. The van der Waals surface area contributed by atoms with Gasteiger partial charge >= 0.3 is 0 Å². The first-order chi connectivity index (χ1) is 12.0. The highest BCUT2D eigenvalue weighted by Crippen LogP contribution is 2.22. The molecule has 1 aliphatic heterocycles. The van der Waals surface area contributed by atoms with Gasteiger partial charge in [-0.1, -0.05) is 13.0 Å². The van der Waals surface area contributed by atoms with Gasteiger partial charge in [0.1, 0.15) is 0 Å². The summed E-state index contributed by atoms with van der Waals surface area (Å²) in [6, 6.07) is 5.67. The van der Waals surface area contributed by atoms with Crippen LogP contribution in [0, 0.1) is 16.0 Å². The summed E-state index contributed by atoms with van der Waals surface area (Å²) in [4.78, 5) is 29.4. The van der Waals surface area contributed by atoms with E-state index in [0.29, 0.717) is 11.0 Å². The predicted octanol–water partition coefficient (Wildman–Crippen LogP) is 3.54. The van der Waals surface area contributed by atoms with Crippen LogP contribution >= 0.6 is 11.3 Å². The van der Waals surface area contributed by atoms with E-state index in [1.165, 1.54) is 42.4 Å². The van der Waals surface area contributed by atoms with E-state index in [1.807, 2.05) is 5.38 Å². The maximum absolute atomic E-state index is 12.3. The molecule has 1 saturated heterocycles. The molecule has 0 saturated carbocycles. The summed E-state index contributed by atoms with van der Waals surface area (Å²) < 4.78 is 0. The van der Waals surface area contributed by atoms with Gasteiger partial charge in [-0.15, -0.1) is 11.3 Å². The zero-order valence-corrected chi connectivity index (χ0v) is 14.8. The molecule has 2 aromatic rings. The highest BCUT2D eigenvalue weighted by atomic mass is 32.1. The van der Waals surface area contributed by atoms with E-state index >= 15 is 0 Å². The average molecular weight is 360 g/mol. The smallest absolute Gasteiger partial charge is 0.270 e. The molecular formula is C17H20N4O3S. The summed E-state index contributed by atoms with van der Waals surface area (Å²) in [5, 5.41) is 16.0.